The van der Waals surface area contributed by atoms with E-state index in [9.17, 15) is 10.2 Å². The molecule has 4 rings (SSSR count). The van der Waals surface area contributed by atoms with Gasteiger partial charge in [-0.05, 0) is 107 Å². The van der Waals surface area contributed by atoms with Crippen LogP contribution in [0.1, 0.15) is 128 Å². The van der Waals surface area contributed by atoms with E-state index in [1.165, 1.54) is 60.8 Å². The van der Waals surface area contributed by atoms with E-state index < -0.39 is 0 Å². The SMILES string of the molecule is CC1CCC(C(C)C)C(c2cc(C(C)(C)c3ccc(OCCO)c(C4CC(C)CCC4C(C)C)c3)ccc2OCCO)C1. The molecule has 0 heterocycles. The van der Waals surface area contributed by atoms with E-state index in [0.29, 0.717) is 60.6 Å². The van der Waals surface area contributed by atoms with Crippen LogP contribution in [0.4, 0.5) is 0 Å². The molecule has 0 aliphatic heterocycles. The maximum Gasteiger partial charge on any atom is 0.122 e. The monoisotopic (exact) mass is 592 g/mol. The Labute approximate surface area is 262 Å². The molecule has 4 nitrogen and oxygen atoms in total. The molecule has 2 fully saturated rings. The summed E-state index contributed by atoms with van der Waals surface area (Å²) in [4.78, 5) is 0. The Bertz CT molecular complexity index is 1080. The summed E-state index contributed by atoms with van der Waals surface area (Å²) in [6, 6.07) is 13.7. The topological polar surface area (TPSA) is 58.9 Å². The molecule has 6 atom stereocenters. The first-order valence-electron chi connectivity index (χ1n) is 17.2. The highest BCUT2D eigenvalue weighted by Gasteiger charge is 2.37. The molecule has 2 aliphatic carbocycles. The molecule has 43 heavy (non-hydrogen) atoms. The molecule has 0 radical (unpaired) electrons. The molecular formula is C39H60O4. The van der Waals surface area contributed by atoms with Crippen LogP contribution in [0.5, 0.6) is 11.5 Å². The predicted molar refractivity (Wildman–Crippen MR) is 178 cm³/mol. The smallest absolute Gasteiger partial charge is 0.122 e. The number of ether oxygens (including phenoxy) is 2. The number of aliphatic hydroxyl groups is 2. The zero-order chi connectivity index (χ0) is 31.3. The van der Waals surface area contributed by atoms with E-state index in [0.717, 1.165) is 11.5 Å². The molecule has 2 aromatic rings. The Hall–Kier alpha value is -2.04. The Balaban J connectivity index is 1.79. The van der Waals surface area contributed by atoms with E-state index in [2.05, 4.69) is 91.8 Å². The summed E-state index contributed by atoms with van der Waals surface area (Å²) in [5.74, 6) is 6.64. The lowest BCUT2D eigenvalue weighted by atomic mass is 9.66. The zero-order valence-corrected chi connectivity index (χ0v) is 28.4. The van der Waals surface area contributed by atoms with Crippen LogP contribution in [0.25, 0.3) is 0 Å². The van der Waals surface area contributed by atoms with Crippen LogP contribution in [-0.4, -0.2) is 36.6 Å². The van der Waals surface area contributed by atoms with Crippen LogP contribution in [0.2, 0.25) is 0 Å². The van der Waals surface area contributed by atoms with Crippen molar-refractivity contribution in [2.24, 2.45) is 35.5 Å². The maximum absolute atomic E-state index is 9.57. The molecule has 2 N–H and O–H groups in total. The molecular weight excluding hydrogens is 532 g/mol. The standard InChI is InChI=1S/C39H60O4/c1-25(2)31-13-9-27(5)21-33(31)35-23-29(11-15-37(35)42-19-17-40)39(7,8)30-12-16-38(43-20-18-41)36(24-30)34-22-28(6)10-14-32(34)26(3)4/h11-12,15-16,23-28,31-34,40-41H,9-10,13-14,17-22H2,1-8H3. The molecule has 6 unspecified atom stereocenters. The fourth-order valence-electron chi connectivity index (χ4n) is 8.31. The molecule has 4 heteroatoms. The summed E-state index contributed by atoms with van der Waals surface area (Å²) < 4.78 is 12.4. The lowest BCUT2D eigenvalue weighted by Crippen LogP contribution is -2.28. The maximum atomic E-state index is 9.57. The first kappa shape index (κ1) is 33.8. The third-order valence-electron chi connectivity index (χ3n) is 11.0. The van der Waals surface area contributed by atoms with E-state index in [4.69, 9.17) is 9.47 Å². The van der Waals surface area contributed by atoms with Crippen molar-refractivity contribution in [2.75, 3.05) is 26.4 Å². The average Bonchev–Trinajstić information content (AvgIpc) is 2.98. The van der Waals surface area contributed by atoms with Crippen molar-refractivity contribution in [2.45, 2.75) is 111 Å². The minimum Gasteiger partial charge on any atom is -0.491 e. The Morgan fingerprint density at radius 1 is 0.674 bits per heavy atom. The molecule has 0 saturated heterocycles. The highest BCUT2D eigenvalue weighted by molar-refractivity contribution is 5.50. The Kier molecular flexibility index (Phi) is 11.7. The van der Waals surface area contributed by atoms with Gasteiger partial charge in [-0.2, -0.15) is 0 Å². The van der Waals surface area contributed by atoms with Crippen molar-refractivity contribution in [1.29, 1.82) is 0 Å². The van der Waals surface area contributed by atoms with Gasteiger partial charge in [-0.25, -0.2) is 0 Å². The van der Waals surface area contributed by atoms with E-state index in [-0.39, 0.29) is 18.6 Å². The third kappa shape index (κ3) is 7.79. The van der Waals surface area contributed by atoms with Gasteiger partial charge in [0.05, 0.1) is 13.2 Å². The van der Waals surface area contributed by atoms with Gasteiger partial charge in [0.2, 0.25) is 0 Å². The summed E-state index contributed by atoms with van der Waals surface area (Å²) in [5, 5.41) is 19.1. The summed E-state index contributed by atoms with van der Waals surface area (Å²) in [5.41, 5.74) is 5.00. The molecule has 0 spiro atoms. The first-order valence-corrected chi connectivity index (χ1v) is 17.2. The van der Waals surface area contributed by atoms with Crippen LogP contribution in [0.3, 0.4) is 0 Å². The van der Waals surface area contributed by atoms with Crippen molar-refractivity contribution >= 4 is 0 Å². The number of rotatable bonds is 12. The van der Waals surface area contributed by atoms with Gasteiger partial charge in [0.1, 0.15) is 24.7 Å². The normalized spacial score (nSPS) is 26.6. The van der Waals surface area contributed by atoms with Crippen molar-refractivity contribution in [3.63, 3.8) is 0 Å². The van der Waals surface area contributed by atoms with Gasteiger partial charge in [0, 0.05) is 5.41 Å². The fourth-order valence-corrected chi connectivity index (χ4v) is 8.31. The number of aliphatic hydroxyl groups excluding tert-OH is 2. The predicted octanol–water partition coefficient (Wildman–Crippen LogP) is 9.11. The number of hydrogen-bond acceptors (Lipinski definition) is 4. The largest absolute Gasteiger partial charge is 0.491 e. The van der Waals surface area contributed by atoms with Crippen LogP contribution >= 0.6 is 0 Å². The van der Waals surface area contributed by atoms with Crippen molar-refractivity contribution in [3.05, 3.63) is 58.7 Å². The number of hydrogen-bond donors (Lipinski definition) is 2. The van der Waals surface area contributed by atoms with Crippen LogP contribution in [-0.2, 0) is 5.41 Å². The molecule has 2 aliphatic rings. The third-order valence-corrected chi connectivity index (χ3v) is 11.0. The van der Waals surface area contributed by atoms with Gasteiger partial charge in [0.25, 0.3) is 0 Å². The Morgan fingerprint density at radius 2 is 1.07 bits per heavy atom. The van der Waals surface area contributed by atoms with Crippen LogP contribution in [0.15, 0.2) is 36.4 Å². The van der Waals surface area contributed by atoms with Gasteiger partial charge in [0.15, 0.2) is 0 Å². The van der Waals surface area contributed by atoms with E-state index in [1.54, 1.807) is 0 Å². The summed E-state index contributed by atoms with van der Waals surface area (Å²) in [6.45, 7) is 19.6. The average molecular weight is 593 g/mol. The van der Waals surface area contributed by atoms with Crippen molar-refractivity contribution in [1.82, 2.24) is 0 Å². The Morgan fingerprint density at radius 3 is 1.42 bits per heavy atom. The molecule has 0 bridgehead atoms. The van der Waals surface area contributed by atoms with Gasteiger partial charge in [-0.3, -0.25) is 0 Å². The minimum absolute atomic E-state index is 0.0198. The molecule has 2 aromatic carbocycles. The lowest BCUT2D eigenvalue weighted by molar-refractivity contribution is 0.180. The van der Waals surface area contributed by atoms with Gasteiger partial charge in [-0.1, -0.05) is 92.5 Å². The second-order valence-electron chi connectivity index (χ2n) is 15.1. The second kappa shape index (κ2) is 14.8. The van der Waals surface area contributed by atoms with Crippen molar-refractivity contribution in [3.8, 4) is 11.5 Å². The number of benzene rings is 2. The lowest BCUT2D eigenvalue weighted by Gasteiger charge is -2.40. The summed E-state index contributed by atoms with van der Waals surface area (Å²) in [6.07, 6.45) is 7.46. The van der Waals surface area contributed by atoms with Gasteiger partial charge < -0.3 is 19.7 Å². The van der Waals surface area contributed by atoms with E-state index >= 15 is 0 Å². The molecule has 240 valence electrons. The first-order chi connectivity index (χ1) is 20.5. The highest BCUT2D eigenvalue weighted by atomic mass is 16.5. The van der Waals surface area contributed by atoms with Gasteiger partial charge >= 0.3 is 0 Å². The zero-order valence-electron chi connectivity index (χ0n) is 28.4. The molecule has 0 aromatic heterocycles. The van der Waals surface area contributed by atoms with Crippen LogP contribution < -0.4 is 9.47 Å². The second-order valence-corrected chi connectivity index (χ2v) is 15.1. The summed E-state index contributed by atoms with van der Waals surface area (Å²) in [7, 11) is 0. The van der Waals surface area contributed by atoms with Crippen molar-refractivity contribution < 1.29 is 19.7 Å². The molecule has 0 amide bonds. The van der Waals surface area contributed by atoms with Gasteiger partial charge in [-0.15, -0.1) is 0 Å². The van der Waals surface area contributed by atoms with E-state index in [1.807, 2.05) is 0 Å². The minimum atomic E-state index is -0.226. The van der Waals surface area contributed by atoms with Crippen LogP contribution in [0, 0.1) is 35.5 Å². The highest BCUT2D eigenvalue weighted by Crippen LogP contribution is 2.50. The molecule has 2 saturated carbocycles. The summed E-state index contributed by atoms with van der Waals surface area (Å²) >= 11 is 0. The quantitative estimate of drug-likeness (QED) is 0.258. The fraction of sp³-hybridized carbons (Fsp3) is 0.692.